The average Bonchev–Trinajstić information content (AvgIpc) is 2.80. The van der Waals surface area contributed by atoms with Gasteiger partial charge in [0.2, 0.25) is 5.91 Å². The van der Waals surface area contributed by atoms with Crippen molar-refractivity contribution >= 4 is 17.8 Å². The Morgan fingerprint density at radius 2 is 1.79 bits per heavy atom. The molecule has 2 aliphatic rings. The zero-order chi connectivity index (χ0) is 17.3. The summed E-state index contributed by atoms with van der Waals surface area (Å²) in [6.07, 6.45) is 0. The van der Waals surface area contributed by atoms with Crippen molar-refractivity contribution in [3.8, 4) is 0 Å². The maximum Gasteiger partial charge on any atom is 0.325 e. The molecule has 1 atom stereocenters. The Morgan fingerprint density at radius 3 is 2.42 bits per heavy atom. The van der Waals surface area contributed by atoms with E-state index in [0.717, 1.165) is 23.6 Å². The molecule has 2 fully saturated rings. The van der Waals surface area contributed by atoms with Crippen molar-refractivity contribution in [1.29, 1.82) is 0 Å². The van der Waals surface area contributed by atoms with Crippen LogP contribution in [0.3, 0.4) is 0 Å². The molecule has 0 bridgehead atoms. The van der Waals surface area contributed by atoms with E-state index in [4.69, 9.17) is 0 Å². The predicted octanol–water partition coefficient (Wildman–Crippen LogP) is 0.194. The lowest BCUT2D eigenvalue weighted by molar-refractivity contribution is -0.139. The third-order valence-corrected chi connectivity index (χ3v) is 4.67. The Bertz CT molecular complexity index is 667. The number of imide groups is 1. The normalized spacial score (nSPS) is 24.2. The summed E-state index contributed by atoms with van der Waals surface area (Å²) < 4.78 is 0. The smallest absolute Gasteiger partial charge is 0.325 e. The fourth-order valence-electron chi connectivity index (χ4n) is 3.07. The predicted molar refractivity (Wildman–Crippen MR) is 88.2 cm³/mol. The van der Waals surface area contributed by atoms with E-state index in [1.54, 1.807) is 11.8 Å². The van der Waals surface area contributed by atoms with Crippen LogP contribution in [0.5, 0.6) is 0 Å². The molecule has 2 saturated heterocycles. The monoisotopic (exact) mass is 330 g/mol. The van der Waals surface area contributed by atoms with Gasteiger partial charge in [0.1, 0.15) is 12.1 Å². The molecule has 2 N–H and O–H groups in total. The van der Waals surface area contributed by atoms with Gasteiger partial charge in [-0.05, 0) is 19.4 Å². The van der Waals surface area contributed by atoms with Crippen molar-refractivity contribution in [2.75, 3.05) is 32.7 Å². The molecule has 3 rings (SSSR count). The second-order valence-corrected chi connectivity index (χ2v) is 6.44. The van der Waals surface area contributed by atoms with Crippen LogP contribution in [0.4, 0.5) is 4.79 Å². The summed E-state index contributed by atoms with van der Waals surface area (Å²) in [5.74, 6) is -0.590. The lowest BCUT2D eigenvalue weighted by Gasteiger charge is -2.28. The molecule has 4 amide bonds. The van der Waals surface area contributed by atoms with Crippen molar-refractivity contribution < 1.29 is 14.4 Å². The van der Waals surface area contributed by atoms with Crippen LogP contribution in [0.1, 0.15) is 18.1 Å². The summed E-state index contributed by atoms with van der Waals surface area (Å²) in [4.78, 5) is 40.1. The minimum absolute atomic E-state index is 0.201. The van der Waals surface area contributed by atoms with Crippen LogP contribution in [-0.4, -0.2) is 60.4 Å². The Morgan fingerprint density at radius 1 is 1.17 bits per heavy atom. The van der Waals surface area contributed by atoms with E-state index in [1.165, 1.54) is 0 Å². The molecular weight excluding hydrogens is 308 g/mol. The second-order valence-electron chi connectivity index (χ2n) is 6.44. The molecule has 0 aromatic heterocycles. The number of urea groups is 1. The van der Waals surface area contributed by atoms with E-state index in [-0.39, 0.29) is 18.4 Å². The van der Waals surface area contributed by atoms with Crippen LogP contribution >= 0.6 is 0 Å². The summed E-state index contributed by atoms with van der Waals surface area (Å²) in [5.41, 5.74) is 0.655. The molecule has 7 nitrogen and oxygen atoms in total. The van der Waals surface area contributed by atoms with E-state index in [9.17, 15) is 14.4 Å². The number of nitrogens with one attached hydrogen (secondary N) is 2. The van der Waals surface area contributed by atoms with E-state index in [0.29, 0.717) is 18.7 Å². The number of hydrogen-bond acceptors (Lipinski definition) is 4. The van der Waals surface area contributed by atoms with Crippen LogP contribution in [-0.2, 0) is 15.1 Å². The van der Waals surface area contributed by atoms with Gasteiger partial charge in [0.25, 0.3) is 5.91 Å². The highest BCUT2D eigenvalue weighted by molar-refractivity contribution is 6.09. The zero-order valence-electron chi connectivity index (χ0n) is 14.0. The van der Waals surface area contributed by atoms with E-state index in [1.807, 2.05) is 31.2 Å². The fourth-order valence-corrected chi connectivity index (χ4v) is 3.07. The molecule has 2 aliphatic heterocycles. The first-order valence-corrected chi connectivity index (χ1v) is 8.11. The molecule has 0 saturated carbocycles. The maximum atomic E-state index is 12.8. The molecular formula is C17H22N4O3. The van der Waals surface area contributed by atoms with Gasteiger partial charge < -0.3 is 15.5 Å². The molecule has 1 aromatic carbocycles. The van der Waals surface area contributed by atoms with Gasteiger partial charge in [-0.2, -0.15) is 0 Å². The van der Waals surface area contributed by atoms with Gasteiger partial charge in [0.05, 0.1) is 0 Å². The molecule has 1 unspecified atom stereocenters. The number of carbonyl (C=O) groups excluding carboxylic acids is 3. The first-order chi connectivity index (χ1) is 11.4. The first-order valence-electron chi connectivity index (χ1n) is 8.11. The largest absolute Gasteiger partial charge is 0.339 e. The number of hydrogen-bond donors (Lipinski definition) is 2. The third kappa shape index (κ3) is 2.87. The Hall–Kier alpha value is -2.41. The highest BCUT2D eigenvalue weighted by Crippen LogP contribution is 2.29. The van der Waals surface area contributed by atoms with E-state index in [2.05, 4.69) is 10.6 Å². The van der Waals surface area contributed by atoms with Gasteiger partial charge in [-0.15, -0.1) is 0 Å². The Labute approximate surface area is 141 Å². The van der Waals surface area contributed by atoms with Crippen molar-refractivity contribution in [3.05, 3.63) is 35.4 Å². The molecule has 0 spiro atoms. The molecule has 7 heteroatoms. The van der Waals surface area contributed by atoms with Crippen molar-refractivity contribution in [2.24, 2.45) is 0 Å². The van der Waals surface area contributed by atoms with Gasteiger partial charge in [-0.3, -0.25) is 14.5 Å². The van der Waals surface area contributed by atoms with Crippen molar-refractivity contribution in [2.45, 2.75) is 19.4 Å². The Balaban J connectivity index is 1.76. The van der Waals surface area contributed by atoms with Gasteiger partial charge in [0.15, 0.2) is 0 Å². The van der Waals surface area contributed by atoms with Crippen LogP contribution in [0.25, 0.3) is 0 Å². The third-order valence-electron chi connectivity index (χ3n) is 4.67. The lowest BCUT2D eigenvalue weighted by atomic mass is 9.91. The number of nitrogens with zero attached hydrogens (tertiary/aromatic N) is 2. The lowest BCUT2D eigenvalue weighted by Crippen LogP contribution is -2.50. The first kappa shape index (κ1) is 16.4. The standard InChI is InChI=1S/C17H22N4O3/c1-12-3-5-13(6-4-12)17(2)15(23)21(16(24)19-17)11-14(22)20-9-7-18-8-10-20/h3-6,18H,7-11H2,1-2H3,(H,19,24). The summed E-state index contributed by atoms with van der Waals surface area (Å²) in [5, 5.41) is 5.89. The van der Waals surface area contributed by atoms with Crippen LogP contribution < -0.4 is 10.6 Å². The summed E-state index contributed by atoms with van der Waals surface area (Å²) >= 11 is 0. The van der Waals surface area contributed by atoms with Gasteiger partial charge in [-0.25, -0.2) is 4.79 Å². The highest BCUT2D eigenvalue weighted by atomic mass is 16.2. The average molecular weight is 330 g/mol. The van der Waals surface area contributed by atoms with Crippen LogP contribution in [0.15, 0.2) is 24.3 Å². The van der Waals surface area contributed by atoms with Gasteiger partial charge in [-0.1, -0.05) is 29.8 Å². The van der Waals surface area contributed by atoms with Gasteiger partial charge >= 0.3 is 6.03 Å². The number of rotatable bonds is 3. The topological polar surface area (TPSA) is 81.8 Å². The molecule has 0 radical (unpaired) electrons. The molecule has 24 heavy (non-hydrogen) atoms. The number of amides is 4. The molecule has 1 aromatic rings. The summed E-state index contributed by atoms with van der Waals surface area (Å²) in [7, 11) is 0. The molecule has 128 valence electrons. The van der Waals surface area contributed by atoms with Crippen molar-refractivity contribution in [3.63, 3.8) is 0 Å². The summed E-state index contributed by atoms with van der Waals surface area (Å²) in [6.45, 7) is 6.06. The van der Waals surface area contributed by atoms with Crippen LogP contribution in [0, 0.1) is 6.92 Å². The molecule has 2 heterocycles. The number of aryl methyl sites for hydroxylation is 1. The van der Waals surface area contributed by atoms with E-state index >= 15 is 0 Å². The minimum atomic E-state index is -1.13. The SMILES string of the molecule is Cc1ccc(C2(C)NC(=O)N(CC(=O)N3CCNCC3)C2=O)cc1. The number of benzene rings is 1. The Kier molecular flexibility index (Phi) is 4.28. The summed E-state index contributed by atoms with van der Waals surface area (Å²) in [6, 6.07) is 6.93. The number of piperazine rings is 1. The highest BCUT2D eigenvalue weighted by Gasteiger charge is 2.49. The fraction of sp³-hybridized carbons (Fsp3) is 0.471. The van der Waals surface area contributed by atoms with E-state index < -0.39 is 11.6 Å². The minimum Gasteiger partial charge on any atom is -0.339 e. The second kappa shape index (κ2) is 6.24. The molecule has 0 aliphatic carbocycles. The van der Waals surface area contributed by atoms with Crippen LogP contribution in [0.2, 0.25) is 0 Å². The number of carbonyl (C=O) groups is 3. The maximum absolute atomic E-state index is 12.8. The van der Waals surface area contributed by atoms with Gasteiger partial charge in [0, 0.05) is 26.2 Å². The zero-order valence-corrected chi connectivity index (χ0v) is 14.0. The van der Waals surface area contributed by atoms with Crippen molar-refractivity contribution in [1.82, 2.24) is 20.4 Å². The quantitative estimate of drug-likeness (QED) is 0.776.